The van der Waals surface area contributed by atoms with Crippen LogP contribution in [-0.2, 0) is 9.59 Å². The van der Waals surface area contributed by atoms with Crippen LogP contribution in [0.5, 0.6) is 0 Å². The maximum atomic E-state index is 11.7. The van der Waals surface area contributed by atoms with Gasteiger partial charge < -0.3 is 15.2 Å². The van der Waals surface area contributed by atoms with Gasteiger partial charge in [-0.05, 0) is 27.8 Å². The summed E-state index contributed by atoms with van der Waals surface area (Å²) in [6.07, 6.45) is 0. The number of nitrogens with zero attached hydrogens (tertiary/aromatic N) is 2. The molecule has 0 radical (unpaired) electrons. The lowest BCUT2D eigenvalue weighted by Gasteiger charge is -2.16. The molecule has 0 aliphatic carbocycles. The van der Waals surface area contributed by atoms with E-state index in [0.717, 1.165) is 0 Å². The minimum atomic E-state index is -0.242. The van der Waals surface area contributed by atoms with Gasteiger partial charge in [0.05, 0.1) is 13.1 Å². The lowest BCUT2D eigenvalue weighted by Crippen LogP contribution is -2.41. The number of carbonyl (C=O) groups is 2. The SMILES string of the molecule is Cc1cc(NC(=O)CN(C)CC(=O)NC(C)C)no1. The summed E-state index contributed by atoms with van der Waals surface area (Å²) in [5.74, 6) is 0.651. The average molecular weight is 268 g/mol. The largest absolute Gasteiger partial charge is 0.360 e. The van der Waals surface area contributed by atoms with Crippen LogP contribution >= 0.6 is 0 Å². The first kappa shape index (κ1) is 15.2. The van der Waals surface area contributed by atoms with Gasteiger partial charge in [-0.25, -0.2) is 0 Å². The van der Waals surface area contributed by atoms with Gasteiger partial charge in [-0.15, -0.1) is 0 Å². The molecule has 1 aromatic heterocycles. The van der Waals surface area contributed by atoms with Crippen molar-refractivity contribution >= 4 is 17.6 Å². The molecule has 0 bridgehead atoms. The van der Waals surface area contributed by atoms with Crippen LogP contribution in [0.3, 0.4) is 0 Å². The third kappa shape index (κ3) is 6.01. The highest BCUT2D eigenvalue weighted by Crippen LogP contribution is 2.06. The van der Waals surface area contributed by atoms with E-state index in [0.29, 0.717) is 11.6 Å². The van der Waals surface area contributed by atoms with Crippen LogP contribution in [0.25, 0.3) is 0 Å². The van der Waals surface area contributed by atoms with E-state index in [4.69, 9.17) is 4.52 Å². The van der Waals surface area contributed by atoms with Crippen molar-refractivity contribution in [3.8, 4) is 0 Å². The van der Waals surface area contributed by atoms with Crippen LogP contribution in [0.1, 0.15) is 19.6 Å². The molecule has 0 saturated carbocycles. The summed E-state index contributed by atoms with van der Waals surface area (Å²) in [5.41, 5.74) is 0. The average Bonchev–Trinajstić information content (AvgIpc) is 2.61. The molecule has 7 heteroatoms. The first-order valence-corrected chi connectivity index (χ1v) is 6.08. The number of aromatic nitrogens is 1. The molecule has 0 aliphatic heterocycles. The molecule has 0 aliphatic rings. The molecule has 7 nitrogen and oxygen atoms in total. The second-order valence-electron chi connectivity index (χ2n) is 4.77. The summed E-state index contributed by atoms with van der Waals surface area (Å²) in [4.78, 5) is 24.8. The van der Waals surface area contributed by atoms with Crippen LogP contribution in [0.15, 0.2) is 10.6 Å². The van der Waals surface area contributed by atoms with Gasteiger partial charge in [0.2, 0.25) is 11.8 Å². The summed E-state index contributed by atoms with van der Waals surface area (Å²) < 4.78 is 4.84. The Labute approximate surface area is 112 Å². The fourth-order valence-electron chi connectivity index (χ4n) is 1.52. The van der Waals surface area contributed by atoms with E-state index in [1.165, 1.54) is 0 Å². The van der Waals surface area contributed by atoms with Gasteiger partial charge in [-0.3, -0.25) is 14.5 Å². The number of rotatable bonds is 6. The molecule has 0 saturated heterocycles. The number of aryl methyl sites for hydroxylation is 1. The first-order chi connectivity index (χ1) is 8.86. The molecule has 19 heavy (non-hydrogen) atoms. The number of amides is 2. The fraction of sp³-hybridized carbons (Fsp3) is 0.583. The molecule has 0 spiro atoms. The Bertz CT molecular complexity index is 442. The van der Waals surface area contributed by atoms with Crippen LogP contribution in [-0.4, -0.2) is 48.0 Å². The zero-order chi connectivity index (χ0) is 14.4. The maximum Gasteiger partial charge on any atom is 0.239 e. The summed E-state index contributed by atoms with van der Waals surface area (Å²) in [7, 11) is 1.70. The number of hydrogen-bond donors (Lipinski definition) is 2. The van der Waals surface area contributed by atoms with Crippen molar-refractivity contribution in [3.63, 3.8) is 0 Å². The molecule has 1 heterocycles. The lowest BCUT2D eigenvalue weighted by atomic mass is 10.3. The van der Waals surface area contributed by atoms with Gasteiger partial charge in [-0.2, -0.15) is 0 Å². The molecule has 106 valence electrons. The van der Waals surface area contributed by atoms with Crippen molar-refractivity contribution < 1.29 is 14.1 Å². The Morgan fingerprint density at radius 3 is 2.53 bits per heavy atom. The molecule has 0 unspecified atom stereocenters. The van der Waals surface area contributed by atoms with E-state index >= 15 is 0 Å². The molecule has 0 aromatic carbocycles. The quantitative estimate of drug-likeness (QED) is 0.778. The third-order valence-corrected chi connectivity index (χ3v) is 2.17. The molecule has 2 N–H and O–H groups in total. The van der Waals surface area contributed by atoms with Crippen LogP contribution in [0.4, 0.5) is 5.82 Å². The molecule has 1 aromatic rings. The zero-order valence-electron chi connectivity index (χ0n) is 11.7. The molecule has 2 amide bonds. The van der Waals surface area contributed by atoms with E-state index in [1.54, 1.807) is 24.9 Å². The predicted molar refractivity (Wildman–Crippen MR) is 70.6 cm³/mol. The van der Waals surface area contributed by atoms with Crippen LogP contribution < -0.4 is 10.6 Å². The number of nitrogens with one attached hydrogen (secondary N) is 2. The standard InChI is InChI=1S/C12H20N4O3/c1-8(2)13-11(17)6-16(4)7-12(18)14-10-5-9(3)19-15-10/h5,8H,6-7H2,1-4H3,(H,13,17)(H,14,15,18). The number of hydrogen-bond acceptors (Lipinski definition) is 5. The number of likely N-dealkylation sites (N-methyl/N-ethyl adjacent to an activating group) is 1. The second kappa shape index (κ2) is 6.89. The van der Waals surface area contributed by atoms with Gasteiger partial charge in [0.25, 0.3) is 0 Å². The van der Waals surface area contributed by atoms with Crippen molar-refractivity contribution in [2.24, 2.45) is 0 Å². The van der Waals surface area contributed by atoms with E-state index in [2.05, 4.69) is 15.8 Å². The minimum absolute atomic E-state index is 0.0906. The number of carbonyl (C=O) groups excluding carboxylic acids is 2. The molecular formula is C12H20N4O3. The Morgan fingerprint density at radius 1 is 1.37 bits per heavy atom. The Morgan fingerprint density at radius 2 is 2.00 bits per heavy atom. The van der Waals surface area contributed by atoms with Gasteiger partial charge in [0, 0.05) is 12.1 Å². The summed E-state index contributed by atoms with van der Waals surface area (Å²) in [6.45, 7) is 5.79. The molecular weight excluding hydrogens is 248 g/mol. The van der Waals surface area contributed by atoms with Gasteiger partial charge in [-0.1, -0.05) is 5.16 Å². The zero-order valence-corrected chi connectivity index (χ0v) is 11.7. The Kier molecular flexibility index (Phi) is 5.50. The summed E-state index contributed by atoms with van der Waals surface area (Å²) in [6, 6.07) is 1.72. The normalized spacial score (nSPS) is 10.8. The van der Waals surface area contributed by atoms with Gasteiger partial charge >= 0.3 is 0 Å². The van der Waals surface area contributed by atoms with Gasteiger partial charge in [0.15, 0.2) is 5.82 Å². The van der Waals surface area contributed by atoms with Crippen molar-refractivity contribution in [1.82, 2.24) is 15.4 Å². The van der Waals surface area contributed by atoms with Crippen molar-refractivity contribution in [3.05, 3.63) is 11.8 Å². The molecule has 1 rings (SSSR count). The van der Waals surface area contributed by atoms with E-state index in [1.807, 2.05) is 13.8 Å². The highest BCUT2D eigenvalue weighted by atomic mass is 16.5. The van der Waals surface area contributed by atoms with Crippen LogP contribution in [0.2, 0.25) is 0 Å². The molecule has 0 fully saturated rings. The first-order valence-electron chi connectivity index (χ1n) is 6.08. The number of anilines is 1. The Hall–Kier alpha value is -1.89. The topological polar surface area (TPSA) is 87.5 Å². The highest BCUT2D eigenvalue weighted by molar-refractivity contribution is 5.91. The minimum Gasteiger partial charge on any atom is -0.360 e. The second-order valence-corrected chi connectivity index (χ2v) is 4.77. The van der Waals surface area contributed by atoms with E-state index in [9.17, 15) is 9.59 Å². The Balaban J connectivity index is 2.33. The smallest absolute Gasteiger partial charge is 0.239 e. The molecule has 0 atom stereocenters. The highest BCUT2D eigenvalue weighted by Gasteiger charge is 2.12. The summed E-state index contributed by atoms with van der Waals surface area (Å²) in [5, 5.41) is 9.01. The third-order valence-electron chi connectivity index (χ3n) is 2.17. The van der Waals surface area contributed by atoms with Gasteiger partial charge in [0.1, 0.15) is 5.76 Å². The maximum absolute atomic E-state index is 11.7. The lowest BCUT2D eigenvalue weighted by molar-refractivity contribution is -0.123. The van der Waals surface area contributed by atoms with Crippen molar-refractivity contribution in [2.75, 3.05) is 25.5 Å². The van der Waals surface area contributed by atoms with E-state index in [-0.39, 0.29) is 30.9 Å². The predicted octanol–water partition coefficient (Wildman–Crippen LogP) is 0.378. The fourth-order valence-corrected chi connectivity index (χ4v) is 1.52. The van der Waals surface area contributed by atoms with Crippen LogP contribution in [0, 0.1) is 6.92 Å². The van der Waals surface area contributed by atoms with Crippen molar-refractivity contribution in [2.45, 2.75) is 26.8 Å². The van der Waals surface area contributed by atoms with E-state index < -0.39 is 0 Å². The summed E-state index contributed by atoms with van der Waals surface area (Å²) >= 11 is 0. The monoisotopic (exact) mass is 268 g/mol. The van der Waals surface area contributed by atoms with Crippen molar-refractivity contribution in [1.29, 1.82) is 0 Å².